The van der Waals surface area contributed by atoms with Crippen LogP contribution in [0.5, 0.6) is 0 Å². The lowest BCUT2D eigenvalue weighted by atomic mass is 9.72. The fourth-order valence-electron chi connectivity index (χ4n) is 5.67. The molecule has 3 aliphatic heterocycles. The average Bonchev–Trinajstić information content (AvgIpc) is 2.77. The van der Waals surface area contributed by atoms with Gasteiger partial charge in [0, 0.05) is 51.6 Å². The number of nitrogens with zero attached hydrogens (tertiary/aromatic N) is 3. The van der Waals surface area contributed by atoms with E-state index in [1.807, 2.05) is 46.4 Å². The standard InChI is InChI=1S/C19H34N2O2.C10H17NO3/c1-19(2,3)23-18(22)20-12-9-17(10-13-20)21-11-5-8-16(14-21)15-6-4-7-15;1-10(2,3)14-9(13)11-6-4-8(12)5-7-11/h15-17H,4-14H2,1-3H3;4-7H2,1-3H3/t16-;/m0./s1. The van der Waals surface area contributed by atoms with Gasteiger partial charge in [-0.15, -0.1) is 0 Å². The predicted octanol–water partition coefficient (Wildman–Crippen LogP) is 5.48. The molecule has 0 unspecified atom stereocenters. The Hall–Kier alpha value is -1.83. The predicted molar refractivity (Wildman–Crippen MR) is 145 cm³/mol. The maximum atomic E-state index is 12.2. The molecule has 0 N–H and O–H groups in total. The third-order valence-corrected chi connectivity index (χ3v) is 7.91. The summed E-state index contributed by atoms with van der Waals surface area (Å²) in [5.74, 6) is 2.19. The Bertz CT molecular complexity index is 765. The van der Waals surface area contributed by atoms with Crippen LogP contribution < -0.4 is 0 Å². The number of piperidine rings is 3. The zero-order chi connectivity index (χ0) is 27.2. The number of ether oxygens (including phenoxy) is 2. The molecule has 1 saturated carbocycles. The first-order valence-electron chi connectivity index (χ1n) is 14.5. The Labute approximate surface area is 224 Å². The van der Waals surface area contributed by atoms with Gasteiger partial charge in [0.1, 0.15) is 17.0 Å². The van der Waals surface area contributed by atoms with Gasteiger partial charge in [-0.25, -0.2) is 9.59 Å². The van der Waals surface area contributed by atoms with Gasteiger partial charge >= 0.3 is 12.2 Å². The number of hydrogen-bond acceptors (Lipinski definition) is 6. The summed E-state index contributed by atoms with van der Waals surface area (Å²) in [5, 5.41) is 0. The number of ketones is 1. The number of Topliss-reactive ketones (excluding diaryl/α,β-unsaturated/α-hetero) is 1. The Morgan fingerprint density at radius 1 is 0.676 bits per heavy atom. The second-order valence-corrected chi connectivity index (χ2v) is 13.3. The monoisotopic (exact) mass is 521 g/mol. The van der Waals surface area contributed by atoms with Crippen LogP contribution in [0.1, 0.15) is 99.3 Å². The zero-order valence-corrected chi connectivity index (χ0v) is 24.2. The molecule has 37 heavy (non-hydrogen) atoms. The smallest absolute Gasteiger partial charge is 0.410 e. The molecule has 0 radical (unpaired) electrons. The van der Waals surface area contributed by atoms with Crippen molar-refractivity contribution >= 4 is 18.0 Å². The summed E-state index contributed by atoms with van der Waals surface area (Å²) in [7, 11) is 0. The second-order valence-electron chi connectivity index (χ2n) is 13.3. The van der Waals surface area contributed by atoms with Crippen molar-refractivity contribution in [3.63, 3.8) is 0 Å². The molecule has 1 aliphatic carbocycles. The van der Waals surface area contributed by atoms with Crippen molar-refractivity contribution in [1.29, 1.82) is 0 Å². The molecule has 4 aliphatic rings. The molecule has 212 valence electrons. The molecule has 0 spiro atoms. The second kappa shape index (κ2) is 12.8. The minimum absolute atomic E-state index is 0.137. The highest BCUT2D eigenvalue weighted by Crippen LogP contribution is 2.38. The molecule has 8 heteroatoms. The number of carbonyl (C=O) groups is 3. The van der Waals surface area contributed by atoms with E-state index in [1.165, 1.54) is 45.2 Å². The van der Waals surface area contributed by atoms with E-state index in [9.17, 15) is 14.4 Å². The quantitative estimate of drug-likeness (QED) is 0.478. The summed E-state index contributed by atoms with van der Waals surface area (Å²) in [4.78, 5) is 40.8. The first kappa shape index (κ1) is 29.7. The van der Waals surface area contributed by atoms with E-state index in [2.05, 4.69) is 4.90 Å². The van der Waals surface area contributed by atoms with Crippen LogP contribution in [0.25, 0.3) is 0 Å². The van der Waals surface area contributed by atoms with Crippen molar-refractivity contribution < 1.29 is 23.9 Å². The lowest BCUT2D eigenvalue weighted by molar-refractivity contribution is -0.121. The third-order valence-electron chi connectivity index (χ3n) is 7.91. The van der Waals surface area contributed by atoms with Gasteiger partial charge in [0.15, 0.2) is 0 Å². The van der Waals surface area contributed by atoms with E-state index in [-0.39, 0.29) is 18.0 Å². The molecule has 4 fully saturated rings. The van der Waals surface area contributed by atoms with Crippen LogP contribution in [0, 0.1) is 11.8 Å². The maximum absolute atomic E-state index is 12.2. The molecule has 4 rings (SSSR count). The van der Waals surface area contributed by atoms with Crippen molar-refractivity contribution in [2.75, 3.05) is 39.3 Å². The van der Waals surface area contributed by atoms with Gasteiger partial charge in [0.05, 0.1) is 0 Å². The highest BCUT2D eigenvalue weighted by Gasteiger charge is 2.35. The van der Waals surface area contributed by atoms with Gasteiger partial charge in [0.25, 0.3) is 0 Å². The van der Waals surface area contributed by atoms with Crippen LogP contribution in [-0.4, -0.2) is 89.2 Å². The number of likely N-dealkylation sites (tertiary alicyclic amines) is 3. The number of rotatable bonds is 2. The summed E-state index contributed by atoms with van der Waals surface area (Å²) < 4.78 is 10.7. The van der Waals surface area contributed by atoms with E-state index >= 15 is 0 Å². The van der Waals surface area contributed by atoms with Crippen LogP contribution in [0.3, 0.4) is 0 Å². The third kappa shape index (κ3) is 9.77. The van der Waals surface area contributed by atoms with E-state index in [4.69, 9.17) is 9.47 Å². The largest absolute Gasteiger partial charge is 0.444 e. The fraction of sp³-hybridized carbons (Fsp3) is 0.897. The number of hydrogen-bond donors (Lipinski definition) is 0. The van der Waals surface area contributed by atoms with Crippen LogP contribution >= 0.6 is 0 Å². The lowest BCUT2D eigenvalue weighted by Crippen LogP contribution is -2.51. The van der Waals surface area contributed by atoms with Crippen LogP contribution in [0.4, 0.5) is 9.59 Å². The van der Waals surface area contributed by atoms with Crippen LogP contribution in [0.2, 0.25) is 0 Å². The topological polar surface area (TPSA) is 79.4 Å². The minimum Gasteiger partial charge on any atom is -0.444 e. The van der Waals surface area contributed by atoms with Crippen molar-refractivity contribution in [2.45, 2.75) is 117 Å². The van der Waals surface area contributed by atoms with Gasteiger partial charge in [0.2, 0.25) is 0 Å². The van der Waals surface area contributed by atoms with Crippen molar-refractivity contribution in [2.24, 2.45) is 11.8 Å². The highest BCUT2D eigenvalue weighted by molar-refractivity contribution is 5.81. The lowest BCUT2D eigenvalue weighted by Gasteiger charge is -2.45. The normalized spacial score (nSPS) is 24.6. The summed E-state index contributed by atoms with van der Waals surface area (Å²) in [5.41, 5.74) is -0.852. The number of carbonyl (C=O) groups excluding carboxylic acids is 3. The van der Waals surface area contributed by atoms with Crippen molar-refractivity contribution in [1.82, 2.24) is 14.7 Å². The maximum Gasteiger partial charge on any atom is 0.410 e. The highest BCUT2D eigenvalue weighted by atomic mass is 16.6. The SMILES string of the molecule is CC(C)(C)OC(=O)N1CCC(=O)CC1.CC(C)(C)OC(=O)N1CCC(N2CCC[C@H](C3CCC3)C2)CC1. The Balaban J connectivity index is 0.000000233. The van der Waals surface area contributed by atoms with Crippen LogP contribution in [-0.2, 0) is 14.3 Å². The molecule has 0 aromatic rings. The van der Waals surface area contributed by atoms with Crippen LogP contribution in [0.15, 0.2) is 0 Å². The zero-order valence-electron chi connectivity index (χ0n) is 24.2. The summed E-state index contributed by atoms with van der Waals surface area (Å²) in [6.07, 6.45) is 9.88. The van der Waals surface area contributed by atoms with Gasteiger partial charge < -0.3 is 19.3 Å². The van der Waals surface area contributed by atoms with Gasteiger partial charge in [-0.2, -0.15) is 0 Å². The van der Waals surface area contributed by atoms with Crippen molar-refractivity contribution in [3.05, 3.63) is 0 Å². The molecule has 0 aromatic heterocycles. The minimum atomic E-state index is -0.460. The molecule has 1 atom stereocenters. The molecule has 3 saturated heterocycles. The Morgan fingerprint density at radius 3 is 1.62 bits per heavy atom. The fourth-order valence-corrected chi connectivity index (χ4v) is 5.67. The first-order valence-corrected chi connectivity index (χ1v) is 14.5. The molecular formula is C29H51N3O5. The average molecular weight is 522 g/mol. The van der Waals surface area contributed by atoms with Gasteiger partial charge in [-0.1, -0.05) is 19.3 Å². The van der Waals surface area contributed by atoms with E-state index in [0.29, 0.717) is 32.0 Å². The van der Waals surface area contributed by atoms with E-state index in [0.717, 1.165) is 37.8 Å². The molecule has 0 aromatic carbocycles. The van der Waals surface area contributed by atoms with E-state index < -0.39 is 11.2 Å². The van der Waals surface area contributed by atoms with Crippen molar-refractivity contribution in [3.8, 4) is 0 Å². The first-order chi connectivity index (χ1) is 17.3. The Morgan fingerprint density at radius 2 is 1.16 bits per heavy atom. The Kier molecular flexibility index (Phi) is 10.3. The molecule has 2 amide bonds. The molecule has 3 heterocycles. The molecular weight excluding hydrogens is 470 g/mol. The number of amides is 2. The summed E-state index contributed by atoms with van der Waals surface area (Å²) in [6, 6.07) is 0.677. The summed E-state index contributed by atoms with van der Waals surface area (Å²) >= 11 is 0. The summed E-state index contributed by atoms with van der Waals surface area (Å²) in [6.45, 7) is 16.6. The molecule has 8 nitrogen and oxygen atoms in total. The van der Waals surface area contributed by atoms with E-state index in [1.54, 1.807) is 4.90 Å². The molecule has 0 bridgehead atoms. The van der Waals surface area contributed by atoms with Gasteiger partial charge in [-0.05, 0) is 85.6 Å². The van der Waals surface area contributed by atoms with Gasteiger partial charge in [-0.3, -0.25) is 9.69 Å².